The van der Waals surface area contributed by atoms with Crippen LogP contribution < -0.4 is 10.1 Å². The fourth-order valence-electron chi connectivity index (χ4n) is 4.92. The molecule has 218 valence electrons. The number of carbonyl (C=O) groups is 2. The third kappa shape index (κ3) is 7.11. The molecule has 0 amide bonds. The third-order valence-electron chi connectivity index (χ3n) is 6.85. The van der Waals surface area contributed by atoms with E-state index in [9.17, 15) is 19.7 Å². The Balaban J connectivity index is 1.43. The normalized spacial score (nSPS) is 19.9. The minimum atomic E-state index is -0.910. The van der Waals surface area contributed by atoms with Gasteiger partial charge in [-0.15, -0.1) is 0 Å². The summed E-state index contributed by atoms with van der Waals surface area (Å²) in [5.74, 6) is -2.12. The monoisotopic (exact) mass is 566 g/mol. The summed E-state index contributed by atoms with van der Waals surface area (Å²) in [5, 5.41) is 14.5. The summed E-state index contributed by atoms with van der Waals surface area (Å²) < 4.78 is 27.7. The van der Waals surface area contributed by atoms with Crippen LogP contribution in [0.25, 0.3) is 0 Å². The van der Waals surface area contributed by atoms with Gasteiger partial charge in [-0.2, -0.15) is 0 Å². The van der Waals surface area contributed by atoms with E-state index in [4.69, 9.17) is 23.7 Å². The number of benzene rings is 2. The highest BCUT2D eigenvalue weighted by molar-refractivity contribution is 5.99. The molecule has 11 heteroatoms. The van der Waals surface area contributed by atoms with Crippen molar-refractivity contribution in [2.24, 2.45) is 0 Å². The van der Waals surface area contributed by atoms with Crippen molar-refractivity contribution >= 4 is 17.6 Å². The topological polar surface area (TPSA) is 135 Å². The van der Waals surface area contributed by atoms with Crippen LogP contribution >= 0.6 is 0 Å². The summed E-state index contributed by atoms with van der Waals surface area (Å²) in [4.78, 5) is 37.1. The number of hydrogen-bond donors (Lipinski definition) is 1. The molecule has 11 nitrogen and oxygen atoms in total. The Labute approximate surface area is 238 Å². The van der Waals surface area contributed by atoms with E-state index in [1.54, 1.807) is 19.9 Å². The summed E-state index contributed by atoms with van der Waals surface area (Å²) >= 11 is 0. The van der Waals surface area contributed by atoms with Gasteiger partial charge in [-0.25, -0.2) is 9.59 Å². The average molecular weight is 567 g/mol. The van der Waals surface area contributed by atoms with E-state index >= 15 is 0 Å². The number of rotatable bonds is 10. The van der Waals surface area contributed by atoms with Crippen molar-refractivity contribution in [1.82, 2.24) is 5.32 Å². The van der Waals surface area contributed by atoms with Crippen LogP contribution in [0.15, 0.2) is 71.1 Å². The number of esters is 2. The number of ether oxygens (including phenoxy) is 5. The lowest BCUT2D eigenvalue weighted by Crippen LogP contribution is -2.32. The second-order valence-corrected chi connectivity index (χ2v) is 10.3. The Morgan fingerprint density at radius 1 is 1.07 bits per heavy atom. The van der Waals surface area contributed by atoms with Gasteiger partial charge in [-0.3, -0.25) is 10.1 Å². The van der Waals surface area contributed by atoms with Gasteiger partial charge in [0.25, 0.3) is 5.69 Å². The average Bonchev–Trinajstić information content (AvgIpc) is 3.30. The molecule has 2 aliphatic rings. The smallest absolute Gasteiger partial charge is 0.336 e. The number of non-ortho nitro benzene ring substituents is 1. The number of methoxy groups -OCH3 is 1. The lowest BCUT2D eigenvalue weighted by molar-refractivity contribution is -0.384. The van der Waals surface area contributed by atoms with Gasteiger partial charge in [0, 0.05) is 29.9 Å². The van der Waals surface area contributed by atoms with Crippen molar-refractivity contribution in [2.75, 3.05) is 26.9 Å². The zero-order valence-electron chi connectivity index (χ0n) is 23.7. The molecule has 0 bridgehead atoms. The van der Waals surface area contributed by atoms with Gasteiger partial charge in [0.2, 0.25) is 0 Å². The molecule has 2 heterocycles. The number of carbonyl (C=O) groups excluding carboxylic acids is 2. The van der Waals surface area contributed by atoms with E-state index in [-0.39, 0.29) is 29.5 Å². The maximum atomic E-state index is 13.4. The van der Waals surface area contributed by atoms with Gasteiger partial charge in [0.1, 0.15) is 18.5 Å². The van der Waals surface area contributed by atoms with Crippen LogP contribution in [0.2, 0.25) is 0 Å². The highest BCUT2D eigenvalue weighted by Crippen LogP contribution is 2.40. The zero-order chi connectivity index (χ0) is 29.7. The summed E-state index contributed by atoms with van der Waals surface area (Å²) in [6, 6.07) is 13.3. The van der Waals surface area contributed by atoms with Crippen molar-refractivity contribution in [3.63, 3.8) is 0 Å². The third-order valence-corrected chi connectivity index (χ3v) is 6.85. The zero-order valence-corrected chi connectivity index (χ0v) is 23.7. The van der Waals surface area contributed by atoms with Crippen LogP contribution in [0.5, 0.6) is 5.75 Å². The molecule has 2 aromatic rings. The summed E-state index contributed by atoms with van der Waals surface area (Å²) in [6.07, 6.45) is 0.306. The van der Waals surface area contributed by atoms with Gasteiger partial charge in [0.15, 0.2) is 5.79 Å². The van der Waals surface area contributed by atoms with Crippen LogP contribution in [-0.4, -0.2) is 55.7 Å². The van der Waals surface area contributed by atoms with Crippen molar-refractivity contribution in [3.05, 3.63) is 92.3 Å². The number of nitrogens with zero attached hydrogens (tertiary/aromatic N) is 1. The first kappa shape index (κ1) is 29.8. The minimum absolute atomic E-state index is 0.0794. The van der Waals surface area contributed by atoms with Crippen LogP contribution in [0.1, 0.15) is 44.7 Å². The summed E-state index contributed by atoms with van der Waals surface area (Å²) in [5.41, 5.74) is 2.51. The fraction of sp³-hybridized carbons (Fsp3) is 0.400. The number of hydrogen-bond acceptors (Lipinski definition) is 10. The SMILES string of the molecule is COC(=O)C1=C(C)NC(C)=C(C(=O)OCCc2ccc(OCC3COC(C)(C)O3)cc2)C1c1cccc([N+](=O)[O-])c1. The Kier molecular flexibility index (Phi) is 9.09. The molecule has 41 heavy (non-hydrogen) atoms. The Morgan fingerprint density at radius 2 is 1.76 bits per heavy atom. The molecule has 1 fully saturated rings. The van der Waals surface area contributed by atoms with Crippen LogP contribution in [-0.2, 0) is 35.0 Å². The first-order valence-electron chi connectivity index (χ1n) is 13.2. The molecule has 2 atom stereocenters. The molecule has 2 unspecified atom stereocenters. The number of nitrogens with one attached hydrogen (secondary N) is 1. The van der Waals surface area contributed by atoms with Gasteiger partial charge in [-0.05, 0) is 51.0 Å². The fourth-order valence-corrected chi connectivity index (χ4v) is 4.92. The molecular weight excluding hydrogens is 532 g/mol. The molecule has 0 aromatic heterocycles. The van der Waals surface area contributed by atoms with Crippen molar-refractivity contribution < 1.29 is 38.2 Å². The molecule has 2 aromatic carbocycles. The highest BCUT2D eigenvalue weighted by atomic mass is 16.7. The predicted octanol–water partition coefficient (Wildman–Crippen LogP) is 4.32. The van der Waals surface area contributed by atoms with E-state index in [0.29, 0.717) is 42.3 Å². The molecule has 1 N–H and O–H groups in total. The molecule has 1 saturated heterocycles. The van der Waals surface area contributed by atoms with E-state index < -0.39 is 28.6 Å². The van der Waals surface area contributed by atoms with Crippen molar-refractivity contribution in [1.29, 1.82) is 0 Å². The number of nitro benzene ring substituents is 1. The quantitative estimate of drug-likeness (QED) is 0.252. The van der Waals surface area contributed by atoms with E-state index in [0.717, 1.165) is 5.56 Å². The van der Waals surface area contributed by atoms with E-state index in [2.05, 4.69) is 5.32 Å². The molecule has 4 rings (SSSR count). The number of allylic oxidation sites excluding steroid dienone is 2. The molecule has 0 spiro atoms. The van der Waals surface area contributed by atoms with Crippen LogP contribution in [0.4, 0.5) is 5.69 Å². The molecule has 2 aliphatic heterocycles. The molecular formula is C30H34N2O9. The van der Waals surface area contributed by atoms with E-state index in [1.165, 1.54) is 25.3 Å². The first-order valence-corrected chi connectivity index (χ1v) is 13.2. The second-order valence-electron chi connectivity index (χ2n) is 10.3. The van der Waals surface area contributed by atoms with Crippen molar-refractivity contribution in [2.45, 2.75) is 51.9 Å². The minimum Gasteiger partial charge on any atom is -0.491 e. The maximum Gasteiger partial charge on any atom is 0.336 e. The largest absolute Gasteiger partial charge is 0.491 e. The predicted molar refractivity (Wildman–Crippen MR) is 148 cm³/mol. The number of nitro groups is 1. The summed E-state index contributed by atoms with van der Waals surface area (Å²) in [6.45, 7) is 8.03. The summed E-state index contributed by atoms with van der Waals surface area (Å²) in [7, 11) is 1.24. The molecule has 0 saturated carbocycles. The van der Waals surface area contributed by atoms with Gasteiger partial charge >= 0.3 is 11.9 Å². The highest BCUT2D eigenvalue weighted by Gasteiger charge is 2.38. The van der Waals surface area contributed by atoms with Crippen LogP contribution in [0.3, 0.4) is 0 Å². The van der Waals surface area contributed by atoms with Gasteiger partial charge in [0.05, 0.1) is 42.3 Å². The van der Waals surface area contributed by atoms with E-state index in [1.807, 2.05) is 38.1 Å². The Morgan fingerprint density at radius 3 is 2.37 bits per heavy atom. The standard InChI is InChI=1S/C30H34N2O9/c1-18-25(28(33)37-5)27(21-7-6-8-22(15-21)32(35)36)26(19(2)31-18)29(34)38-14-13-20-9-11-23(12-10-20)39-16-24-17-40-30(3,4)41-24/h6-12,15,24,27,31H,13-14,16-17H2,1-5H3. The molecule has 0 aliphatic carbocycles. The lowest BCUT2D eigenvalue weighted by Gasteiger charge is -2.30. The second kappa shape index (κ2) is 12.5. The van der Waals surface area contributed by atoms with Gasteiger partial charge in [-0.1, -0.05) is 24.3 Å². The Bertz CT molecular complexity index is 1380. The number of dihydropyridines is 1. The first-order chi connectivity index (χ1) is 19.5. The van der Waals surface area contributed by atoms with Gasteiger partial charge < -0.3 is 29.0 Å². The Hall–Kier alpha value is -4.22. The van der Waals surface area contributed by atoms with Crippen molar-refractivity contribution in [3.8, 4) is 5.75 Å². The lowest BCUT2D eigenvalue weighted by atomic mass is 9.80. The van der Waals surface area contributed by atoms with Crippen LogP contribution in [0, 0.1) is 10.1 Å². The molecule has 0 radical (unpaired) electrons. The maximum absolute atomic E-state index is 13.4.